The van der Waals surface area contributed by atoms with Gasteiger partial charge in [0.1, 0.15) is 23.9 Å². The standard InChI is InChI=1S/C26H21FN2O3/c1-31-25-15-21-7-3-2-6-20(21)14-24(25)26(30)29-28-16-18-9-11-23(12-10-18)32-17-19-5-4-8-22(27)13-19/h2-16H,17H2,1H3,(H,29,30)/b28-16-. The number of carbonyl (C=O) groups is 1. The summed E-state index contributed by atoms with van der Waals surface area (Å²) in [4.78, 5) is 12.6. The Bertz CT molecular complexity index is 1270. The average molecular weight is 428 g/mol. The maximum absolute atomic E-state index is 13.2. The van der Waals surface area contributed by atoms with Gasteiger partial charge in [-0.05, 0) is 70.4 Å². The van der Waals surface area contributed by atoms with E-state index < -0.39 is 0 Å². The predicted molar refractivity (Wildman–Crippen MR) is 123 cm³/mol. The fraction of sp³-hybridized carbons (Fsp3) is 0.0769. The van der Waals surface area contributed by atoms with Crippen molar-refractivity contribution < 1.29 is 18.7 Å². The molecule has 0 saturated heterocycles. The molecule has 0 bridgehead atoms. The molecule has 0 saturated carbocycles. The molecule has 0 heterocycles. The third kappa shape index (κ3) is 5.10. The molecule has 1 amide bonds. The zero-order valence-electron chi connectivity index (χ0n) is 17.4. The number of nitrogens with zero attached hydrogens (tertiary/aromatic N) is 1. The van der Waals surface area contributed by atoms with Crippen LogP contribution in [0.15, 0.2) is 90.0 Å². The second-order valence-corrected chi connectivity index (χ2v) is 7.09. The van der Waals surface area contributed by atoms with Crippen LogP contribution in [0.1, 0.15) is 21.5 Å². The monoisotopic (exact) mass is 428 g/mol. The third-order valence-corrected chi connectivity index (χ3v) is 4.87. The highest BCUT2D eigenvalue weighted by atomic mass is 19.1. The van der Waals surface area contributed by atoms with Gasteiger partial charge in [0.2, 0.25) is 0 Å². The van der Waals surface area contributed by atoms with E-state index in [1.54, 1.807) is 36.5 Å². The minimum atomic E-state index is -0.362. The highest BCUT2D eigenvalue weighted by molar-refractivity contribution is 6.01. The number of benzene rings is 4. The molecule has 4 aromatic rings. The van der Waals surface area contributed by atoms with Crippen molar-refractivity contribution >= 4 is 22.9 Å². The van der Waals surface area contributed by atoms with Gasteiger partial charge in [0.25, 0.3) is 5.91 Å². The molecule has 5 nitrogen and oxygen atoms in total. The Morgan fingerprint density at radius 3 is 2.44 bits per heavy atom. The van der Waals surface area contributed by atoms with E-state index in [2.05, 4.69) is 10.5 Å². The molecule has 0 aliphatic carbocycles. The van der Waals surface area contributed by atoms with E-state index in [1.165, 1.54) is 19.2 Å². The third-order valence-electron chi connectivity index (χ3n) is 4.87. The van der Waals surface area contributed by atoms with Crippen LogP contribution >= 0.6 is 0 Å². The van der Waals surface area contributed by atoms with E-state index in [4.69, 9.17) is 9.47 Å². The summed E-state index contributed by atoms with van der Waals surface area (Å²) in [5, 5.41) is 5.97. The van der Waals surface area contributed by atoms with Crippen molar-refractivity contribution in [2.75, 3.05) is 7.11 Å². The van der Waals surface area contributed by atoms with Crippen molar-refractivity contribution in [3.63, 3.8) is 0 Å². The van der Waals surface area contributed by atoms with Crippen LogP contribution in [-0.2, 0) is 6.61 Å². The molecule has 0 atom stereocenters. The van der Waals surface area contributed by atoms with E-state index in [1.807, 2.05) is 42.5 Å². The van der Waals surface area contributed by atoms with Gasteiger partial charge in [-0.15, -0.1) is 0 Å². The maximum Gasteiger partial charge on any atom is 0.275 e. The number of amides is 1. The summed E-state index contributed by atoms with van der Waals surface area (Å²) in [7, 11) is 1.53. The quantitative estimate of drug-likeness (QED) is 0.320. The fourth-order valence-electron chi connectivity index (χ4n) is 3.23. The second kappa shape index (κ2) is 9.75. The summed E-state index contributed by atoms with van der Waals surface area (Å²) >= 11 is 0. The van der Waals surface area contributed by atoms with Gasteiger partial charge in [0.15, 0.2) is 0 Å². The number of nitrogens with one attached hydrogen (secondary N) is 1. The average Bonchev–Trinajstić information content (AvgIpc) is 2.82. The Kier molecular flexibility index (Phi) is 6.41. The van der Waals surface area contributed by atoms with Gasteiger partial charge < -0.3 is 9.47 Å². The first-order chi connectivity index (χ1) is 15.6. The summed E-state index contributed by atoms with van der Waals surface area (Å²) in [5.41, 5.74) is 4.48. The number of carbonyl (C=O) groups excluding carboxylic acids is 1. The van der Waals surface area contributed by atoms with E-state index in [0.29, 0.717) is 17.1 Å². The zero-order chi connectivity index (χ0) is 22.3. The van der Waals surface area contributed by atoms with Gasteiger partial charge >= 0.3 is 0 Å². The summed E-state index contributed by atoms with van der Waals surface area (Å²) in [5.74, 6) is 0.479. The van der Waals surface area contributed by atoms with Crippen molar-refractivity contribution in [1.82, 2.24) is 5.43 Å². The minimum Gasteiger partial charge on any atom is -0.496 e. The molecule has 160 valence electrons. The Hall–Kier alpha value is -4.19. The van der Waals surface area contributed by atoms with E-state index >= 15 is 0 Å². The molecule has 0 aliphatic rings. The van der Waals surface area contributed by atoms with Gasteiger partial charge in [-0.3, -0.25) is 4.79 Å². The lowest BCUT2D eigenvalue weighted by atomic mass is 10.1. The first-order valence-electron chi connectivity index (χ1n) is 10.00. The fourth-order valence-corrected chi connectivity index (χ4v) is 3.23. The number of fused-ring (bicyclic) bond motifs is 1. The number of rotatable bonds is 7. The summed E-state index contributed by atoms with van der Waals surface area (Å²) in [6.45, 7) is 0.273. The lowest BCUT2D eigenvalue weighted by molar-refractivity contribution is 0.0952. The van der Waals surface area contributed by atoms with Gasteiger partial charge in [-0.1, -0.05) is 36.4 Å². The molecule has 0 spiro atoms. The smallest absolute Gasteiger partial charge is 0.275 e. The van der Waals surface area contributed by atoms with Crippen LogP contribution in [-0.4, -0.2) is 19.2 Å². The molecule has 0 aromatic heterocycles. The molecule has 4 aromatic carbocycles. The Morgan fingerprint density at radius 2 is 1.72 bits per heavy atom. The number of halogens is 1. The van der Waals surface area contributed by atoms with Crippen LogP contribution in [0, 0.1) is 5.82 Å². The van der Waals surface area contributed by atoms with Gasteiger partial charge in [0.05, 0.1) is 18.9 Å². The number of methoxy groups -OCH3 is 1. The van der Waals surface area contributed by atoms with Crippen LogP contribution in [0.4, 0.5) is 4.39 Å². The van der Waals surface area contributed by atoms with Crippen LogP contribution < -0.4 is 14.9 Å². The van der Waals surface area contributed by atoms with E-state index in [-0.39, 0.29) is 18.3 Å². The Morgan fingerprint density at radius 1 is 0.969 bits per heavy atom. The summed E-state index contributed by atoms with van der Waals surface area (Å²) in [6.07, 6.45) is 1.54. The second-order valence-electron chi connectivity index (χ2n) is 7.09. The highest BCUT2D eigenvalue weighted by Gasteiger charge is 2.13. The molecule has 0 fully saturated rings. The van der Waals surface area contributed by atoms with Gasteiger partial charge in [0, 0.05) is 0 Å². The van der Waals surface area contributed by atoms with E-state index in [0.717, 1.165) is 21.9 Å². The predicted octanol–water partition coefficient (Wildman–Crippen LogP) is 5.33. The van der Waals surface area contributed by atoms with Crippen LogP contribution in [0.2, 0.25) is 0 Å². The molecule has 0 radical (unpaired) electrons. The Labute approximate surface area is 185 Å². The zero-order valence-corrected chi connectivity index (χ0v) is 17.4. The van der Waals surface area contributed by atoms with Crippen LogP contribution in [0.25, 0.3) is 10.8 Å². The molecule has 0 unspecified atom stereocenters. The maximum atomic E-state index is 13.2. The van der Waals surface area contributed by atoms with Crippen LogP contribution in [0.3, 0.4) is 0 Å². The molecule has 1 N–H and O–H groups in total. The first kappa shape index (κ1) is 21.1. The van der Waals surface area contributed by atoms with Crippen molar-refractivity contribution in [3.8, 4) is 11.5 Å². The first-order valence-corrected chi connectivity index (χ1v) is 10.00. The summed E-state index contributed by atoms with van der Waals surface area (Å²) < 4.78 is 24.3. The number of ether oxygens (including phenoxy) is 2. The van der Waals surface area contributed by atoms with E-state index in [9.17, 15) is 9.18 Å². The van der Waals surface area contributed by atoms with Crippen molar-refractivity contribution in [2.24, 2.45) is 5.10 Å². The molecular weight excluding hydrogens is 407 g/mol. The highest BCUT2D eigenvalue weighted by Crippen LogP contribution is 2.25. The largest absolute Gasteiger partial charge is 0.496 e. The minimum absolute atomic E-state index is 0.273. The van der Waals surface area contributed by atoms with Crippen molar-refractivity contribution in [1.29, 1.82) is 0 Å². The Balaban J connectivity index is 1.37. The number of hydrogen-bond acceptors (Lipinski definition) is 4. The molecular formula is C26H21FN2O3. The van der Waals surface area contributed by atoms with Crippen molar-refractivity contribution in [3.05, 3.63) is 107 Å². The lowest BCUT2D eigenvalue weighted by Gasteiger charge is -2.09. The summed E-state index contributed by atoms with van der Waals surface area (Å²) in [6, 6.07) is 24.8. The van der Waals surface area contributed by atoms with Gasteiger partial charge in [-0.2, -0.15) is 5.10 Å². The van der Waals surface area contributed by atoms with Gasteiger partial charge in [-0.25, -0.2) is 9.82 Å². The molecule has 32 heavy (non-hydrogen) atoms. The lowest BCUT2D eigenvalue weighted by Crippen LogP contribution is -2.18. The SMILES string of the molecule is COc1cc2ccccc2cc1C(=O)N/N=C\c1ccc(OCc2cccc(F)c2)cc1. The molecule has 0 aliphatic heterocycles. The molecule has 4 rings (SSSR count). The number of hydrazone groups is 1. The number of hydrogen-bond donors (Lipinski definition) is 1. The topological polar surface area (TPSA) is 59.9 Å². The normalized spacial score (nSPS) is 10.9. The van der Waals surface area contributed by atoms with Crippen molar-refractivity contribution in [2.45, 2.75) is 6.61 Å². The van der Waals surface area contributed by atoms with Crippen LogP contribution in [0.5, 0.6) is 11.5 Å². The molecule has 6 heteroatoms.